The molecule has 0 saturated carbocycles. The Hall–Kier alpha value is -1.93. The van der Waals surface area contributed by atoms with Gasteiger partial charge in [0.1, 0.15) is 10.9 Å². The molecule has 1 aliphatic heterocycles. The highest BCUT2D eigenvalue weighted by molar-refractivity contribution is 8.03. The van der Waals surface area contributed by atoms with Gasteiger partial charge in [0.25, 0.3) is 0 Å². The minimum absolute atomic E-state index is 0.394. The molecule has 0 fully saturated rings. The maximum absolute atomic E-state index is 9.74. The van der Waals surface area contributed by atoms with E-state index in [4.69, 9.17) is 28.9 Å². The van der Waals surface area contributed by atoms with Crippen LogP contribution in [0.1, 0.15) is 12.5 Å². The summed E-state index contributed by atoms with van der Waals surface area (Å²) in [6.45, 7) is 1.90. The molecule has 1 atom stereocenters. The molecule has 2 N–H and O–H groups in total. The lowest BCUT2D eigenvalue weighted by atomic mass is 9.77. The van der Waals surface area contributed by atoms with Crippen molar-refractivity contribution in [2.45, 2.75) is 17.2 Å². The second kappa shape index (κ2) is 6.52. The predicted molar refractivity (Wildman–Crippen MR) is 100 cm³/mol. The number of thioether (sulfide) groups is 1. The van der Waals surface area contributed by atoms with Crippen molar-refractivity contribution in [3.63, 3.8) is 0 Å². The van der Waals surface area contributed by atoms with Crippen LogP contribution in [0.5, 0.6) is 0 Å². The van der Waals surface area contributed by atoms with Crippen molar-refractivity contribution in [1.82, 2.24) is 0 Å². The van der Waals surface area contributed by atoms with Crippen molar-refractivity contribution in [2.75, 3.05) is 0 Å². The average molecular weight is 374 g/mol. The zero-order valence-electron chi connectivity index (χ0n) is 12.8. The number of nitrogens with zero attached hydrogens (tertiary/aromatic N) is 2. The van der Waals surface area contributed by atoms with Gasteiger partial charge in [-0.25, -0.2) is 4.99 Å². The van der Waals surface area contributed by atoms with Gasteiger partial charge in [-0.15, -0.1) is 0 Å². The van der Waals surface area contributed by atoms with Gasteiger partial charge in [0, 0.05) is 14.9 Å². The summed E-state index contributed by atoms with van der Waals surface area (Å²) in [7, 11) is 0. The first-order valence-electron chi connectivity index (χ1n) is 7.14. The Labute approximate surface area is 154 Å². The molecule has 120 valence electrons. The summed E-state index contributed by atoms with van der Waals surface area (Å²) < 4.78 is 0. The summed E-state index contributed by atoms with van der Waals surface area (Å²) >= 11 is 13.4. The monoisotopic (exact) mass is 373 g/mol. The van der Waals surface area contributed by atoms with E-state index in [-0.39, 0.29) is 0 Å². The average Bonchev–Trinajstić information content (AvgIpc) is 2.79. The Morgan fingerprint density at radius 1 is 1.12 bits per heavy atom. The van der Waals surface area contributed by atoms with E-state index < -0.39 is 5.41 Å². The third kappa shape index (κ3) is 2.91. The largest absolute Gasteiger partial charge is 0.386 e. The van der Waals surface area contributed by atoms with Gasteiger partial charge in [-0.3, -0.25) is 0 Å². The number of aliphatic imine (C=N–C) groups is 1. The molecule has 0 aliphatic carbocycles. The van der Waals surface area contributed by atoms with Crippen molar-refractivity contribution in [1.29, 1.82) is 5.26 Å². The van der Waals surface area contributed by atoms with Gasteiger partial charge in [0.05, 0.1) is 17.1 Å². The number of halogens is 2. The zero-order valence-corrected chi connectivity index (χ0v) is 15.1. The summed E-state index contributed by atoms with van der Waals surface area (Å²) in [4.78, 5) is 5.36. The van der Waals surface area contributed by atoms with Crippen molar-refractivity contribution in [3.8, 4) is 6.07 Å². The standard InChI is InChI=1S/C18H13Cl2N3S/c1-18(11-5-7-12(19)8-6-11)15(10-21)16(23-17(18)22)24-14-4-2-3-13(20)9-14/h2-9H,1H3,(H2,22,23)/t18-/m0/s1. The zero-order chi connectivity index (χ0) is 17.3. The second-order valence-electron chi connectivity index (χ2n) is 5.48. The van der Waals surface area contributed by atoms with Gasteiger partial charge < -0.3 is 5.73 Å². The smallest absolute Gasteiger partial charge is 0.118 e. The molecule has 1 aliphatic rings. The minimum atomic E-state index is -0.764. The Morgan fingerprint density at radius 2 is 1.83 bits per heavy atom. The van der Waals surface area contributed by atoms with Crippen molar-refractivity contribution >= 4 is 40.8 Å². The third-order valence-corrected chi connectivity index (χ3v) is 5.46. The minimum Gasteiger partial charge on any atom is -0.386 e. The third-order valence-electron chi connectivity index (χ3n) is 3.99. The maximum atomic E-state index is 9.74. The fourth-order valence-corrected chi connectivity index (χ4v) is 4.00. The molecule has 3 rings (SSSR count). The Kier molecular flexibility index (Phi) is 4.60. The van der Waals surface area contributed by atoms with Gasteiger partial charge in [-0.1, -0.05) is 53.2 Å². The quantitative estimate of drug-likeness (QED) is 0.808. The van der Waals surface area contributed by atoms with Gasteiger partial charge in [-0.2, -0.15) is 5.26 Å². The molecular weight excluding hydrogens is 361 g/mol. The van der Waals surface area contributed by atoms with E-state index in [9.17, 15) is 5.26 Å². The van der Waals surface area contributed by atoms with Gasteiger partial charge in [-0.05, 0) is 42.8 Å². The van der Waals surface area contributed by atoms with Crippen LogP contribution in [0.15, 0.2) is 69.0 Å². The molecule has 0 bridgehead atoms. The van der Waals surface area contributed by atoms with Crippen molar-refractivity contribution in [3.05, 3.63) is 74.7 Å². The van der Waals surface area contributed by atoms with Crippen LogP contribution in [0.25, 0.3) is 0 Å². The molecule has 2 aromatic carbocycles. The fourth-order valence-electron chi connectivity index (χ4n) is 2.57. The molecule has 0 aromatic heterocycles. The number of nitriles is 1. The number of amidine groups is 1. The summed E-state index contributed by atoms with van der Waals surface area (Å²) in [5.74, 6) is 0.394. The lowest BCUT2D eigenvalue weighted by Gasteiger charge is -2.25. The molecular formula is C18H13Cl2N3S. The van der Waals surface area contributed by atoms with Crippen LogP contribution in [0.4, 0.5) is 0 Å². The lowest BCUT2D eigenvalue weighted by molar-refractivity contribution is 0.782. The van der Waals surface area contributed by atoms with Crippen molar-refractivity contribution < 1.29 is 0 Å². The van der Waals surface area contributed by atoms with E-state index in [0.29, 0.717) is 26.5 Å². The van der Waals surface area contributed by atoms with E-state index in [0.717, 1.165) is 10.5 Å². The first kappa shape index (κ1) is 16.9. The molecule has 3 nitrogen and oxygen atoms in total. The van der Waals surface area contributed by atoms with Crippen LogP contribution in [0.2, 0.25) is 10.0 Å². The fraction of sp³-hybridized carbons (Fsp3) is 0.111. The Balaban J connectivity index is 2.06. The normalized spacial score (nSPS) is 20.0. The SMILES string of the molecule is C[C@@]1(c2ccc(Cl)cc2)C(N)=NC(Sc2cccc(Cl)c2)=C1C#N. The molecule has 2 aromatic rings. The van der Waals surface area contributed by atoms with Crippen LogP contribution in [0.3, 0.4) is 0 Å². The maximum Gasteiger partial charge on any atom is 0.118 e. The van der Waals surface area contributed by atoms with E-state index in [1.807, 2.05) is 37.3 Å². The van der Waals surface area contributed by atoms with Crippen LogP contribution in [-0.4, -0.2) is 5.84 Å². The van der Waals surface area contributed by atoms with E-state index in [2.05, 4.69) is 11.1 Å². The van der Waals surface area contributed by atoms with E-state index in [1.165, 1.54) is 11.8 Å². The second-order valence-corrected chi connectivity index (χ2v) is 7.42. The number of hydrogen-bond acceptors (Lipinski definition) is 4. The van der Waals surface area contributed by atoms with Crippen LogP contribution < -0.4 is 5.73 Å². The Morgan fingerprint density at radius 3 is 2.46 bits per heavy atom. The summed E-state index contributed by atoms with van der Waals surface area (Å²) in [5.41, 5.74) is 6.85. The van der Waals surface area contributed by atoms with Gasteiger partial charge in [0.2, 0.25) is 0 Å². The molecule has 6 heteroatoms. The number of hydrogen-bond donors (Lipinski definition) is 1. The Bertz CT molecular complexity index is 897. The molecule has 0 amide bonds. The lowest BCUT2D eigenvalue weighted by Crippen LogP contribution is -2.37. The summed E-state index contributed by atoms with van der Waals surface area (Å²) in [6, 6.07) is 17.0. The highest BCUT2D eigenvalue weighted by atomic mass is 35.5. The number of nitrogens with two attached hydrogens (primary N) is 1. The van der Waals surface area contributed by atoms with E-state index in [1.54, 1.807) is 18.2 Å². The molecule has 24 heavy (non-hydrogen) atoms. The first-order chi connectivity index (χ1) is 11.4. The van der Waals surface area contributed by atoms with Crippen LogP contribution in [0, 0.1) is 11.3 Å². The predicted octanol–water partition coefficient (Wildman–Crippen LogP) is 5.15. The molecule has 0 spiro atoms. The summed E-state index contributed by atoms with van der Waals surface area (Å²) in [5, 5.41) is 11.6. The van der Waals surface area contributed by atoms with Crippen molar-refractivity contribution in [2.24, 2.45) is 10.7 Å². The number of rotatable bonds is 3. The van der Waals surface area contributed by atoms with Gasteiger partial charge >= 0.3 is 0 Å². The molecule has 0 unspecified atom stereocenters. The molecule has 0 radical (unpaired) electrons. The summed E-state index contributed by atoms with van der Waals surface area (Å²) in [6.07, 6.45) is 0. The highest BCUT2D eigenvalue weighted by Crippen LogP contribution is 2.44. The van der Waals surface area contributed by atoms with E-state index >= 15 is 0 Å². The van der Waals surface area contributed by atoms with Gasteiger partial charge in [0.15, 0.2) is 0 Å². The highest BCUT2D eigenvalue weighted by Gasteiger charge is 2.42. The topological polar surface area (TPSA) is 62.2 Å². The number of benzene rings is 2. The van der Waals surface area contributed by atoms with Crippen LogP contribution >= 0.6 is 35.0 Å². The molecule has 0 saturated heterocycles. The molecule has 1 heterocycles. The van der Waals surface area contributed by atoms with Crippen LogP contribution in [-0.2, 0) is 5.41 Å². The first-order valence-corrected chi connectivity index (χ1v) is 8.71.